The highest BCUT2D eigenvalue weighted by Crippen LogP contribution is 2.20. The van der Waals surface area contributed by atoms with Crippen molar-refractivity contribution in [3.8, 4) is 0 Å². The summed E-state index contributed by atoms with van der Waals surface area (Å²) < 4.78 is 0. The Hall–Kier alpha value is -1.98. The van der Waals surface area contributed by atoms with Crippen molar-refractivity contribution in [3.05, 3.63) is 23.8 Å². The minimum absolute atomic E-state index is 0.260. The van der Waals surface area contributed by atoms with Crippen LogP contribution in [-0.2, 0) is 9.59 Å². The van der Waals surface area contributed by atoms with Crippen LogP contribution in [0.25, 0.3) is 0 Å². The number of aromatic nitrogens is 2. The van der Waals surface area contributed by atoms with Gasteiger partial charge in [0.25, 0.3) is 0 Å². The zero-order valence-corrected chi connectivity index (χ0v) is 8.75. The van der Waals surface area contributed by atoms with Crippen LogP contribution in [0.2, 0.25) is 0 Å². The molecule has 86 valence electrons. The van der Waals surface area contributed by atoms with Gasteiger partial charge in [0, 0.05) is 18.3 Å². The molecule has 1 aromatic heterocycles. The van der Waals surface area contributed by atoms with Crippen molar-refractivity contribution in [2.75, 3.05) is 0 Å². The van der Waals surface area contributed by atoms with Gasteiger partial charge in [0.05, 0.1) is 24.2 Å². The highest BCUT2D eigenvalue weighted by molar-refractivity contribution is 5.72. The van der Waals surface area contributed by atoms with E-state index in [1.165, 1.54) is 12.4 Å². The summed E-state index contributed by atoms with van der Waals surface area (Å²) in [6.07, 6.45) is 2.39. The Balaban J connectivity index is 2.86. The summed E-state index contributed by atoms with van der Waals surface area (Å²) in [5, 5.41) is 17.3. The highest BCUT2D eigenvalue weighted by atomic mass is 16.4. The predicted octanol–water partition coefficient (Wildman–Crippen LogP) is 0.818. The van der Waals surface area contributed by atoms with E-state index in [1.807, 2.05) is 0 Å². The van der Waals surface area contributed by atoms with E-state index in [2.05, 4.69) is 9.97 Å². The van der Waals surface area contributed by atoms with Crippen LogP contribution in [0.3, 0.4) is 0 Å². The standard InChI is InChI=1S/C10H12N2O4/c1-6-4-12-8(5-11-6)7(2-9(13)14)3-10(15)16/h4-5,7H,2-3H2,1H3,(H,13,14)(H,15,16). The Labute approximate surface area is 92.0 Å². The number of carboxylic acids is 2. The summed E-state index contributed by atoms with van der Waals surface area (Å²) in [4.78, 5) is 29.1. The first kappa shape index (κ1) is 12.1. The Morgan fingerprint density at radius 3 is 2.12 bits per heavy atom. The third-order valence-electron chi connectivity index (χ3n) is 2.06. The van der Waals surface area contributed by atoms with E-state index in [1.54, 1.807) is 6.92 Å². The third kappa shape index (κ3) is 3.64. The molecule has 16 heavy (non-hydrogen) atoms. The summed E-state index contributed by atoms with van der Waals surface area (Å²) in [5.41, 5.74) is 1.10. The van der Waals surface area contributed by atoms with Gasteiger partial charge in [-0.2, -0.15) is 0 Å². The molecule has 1 rings (SSSR count). The van der Waals surface area contributed by atoms with Crippen molar-refractivity contribution in [2.45, 2.75) is 25.7 Å². The fourth-order valence-corrected chi connectivity index (χ4v) is 1.32. The summed E-state index contributed by atoms with van der Waals surface area (Å²) in [6.45, 7) is 1.75. The van der Waals surface area contributed by atoms with Gasteiger partial charge in [-0.05, 0) is 6.92 Å². The van der Waals surface area contributed by atoms with Gasteiger partial charge in [-0.25, -0.2) is 0 Å². The highest BCUT2D eigenvalue weighted by Gasteiger charge is 2.20. The van der Waals surface area contributed by atoms with E-state index < -0.39 is 17.9 Å². The minimum atomic E-state index is -1.05. The van der Waals surface area contributed by atoms with Crippen molar-refractivity contribution in [2.24, 2.45) is 0 Å². The number of hydrogen-bond donors (Lipinski definition) is 2. The average molecular weight is 224 g/mol. The number of hydrogen-bond acceptors (Lipinski definition) is 4. The summed E-state index contributed by atoms with van der Waals surface area (Å²) in [7, 11) is 0. The van der Waals surface area contributed by atoms with Crippen LogP contribution < -0.4 is 0 Å². The second kappa shape index (κ2) is 5.20. The monoisotopic (exact) mass is 224 g/mol. The van der Waals surface area contributed by atoms with E-state index >= 15 is 0 Å². The quantitative estimate of drug-likeness (QED) is 0.767. The largest absolute Gasteiger partial charge is 0.481 e. The minimum Gasteiger partial charge on any atom is -0.481 e. The zero-order valence-electron chi connectivity index (χ0n) is 8.75. The molecule has 0 aliphatic rings. The molecule has 0 saturated heterocycles. The van der Waals surface area contributed by atoms with Gasteiger partial charge in [0.15, 0.2) is 0 Å². The molecule has 0 saturated carbocycles. The van der Waals surface area contributed by atoms with Crippen LogP contribution in [0.15, 0.2) is 12.4 Å². The Bertz CT molecular complexity index is 372. The number of carboxylic acid groups (broad SMARTS) is 2. The summed E-state index contributed by atoms with van der Waals surface area (Å²) >= 11 is 0. The van der Waals surface area contributed by atoms with Crippen LogP contribution in [0.4, 0.5) is 0 Å². The Kier molecular flexibility index (Phi) is 3.93. The van der Waals surface area contributed by atoms with Crippen LogP contribution in [0.5, 0.6) is 0 Å². The van der Waals surface area contributed by atoms with Gasteiger partial charge >= 0.3 is 11.9 Å². The maximum absolute atomic E-state index is 10.6. The van der Waals surface area contributed by atoms with Gasteiger partial charge in [0.1, 0.15) is 0 Å². The third-order valence-corrected chi connectivity index (χ3v) is 2.06. The van der Waals surface area contributed by atoms with Crippen LogP contribution in [-0.4, -0.2) is 32.1 Å². The molecule has 6 heteroatoms. The van der Waals surface area contributed by atoms with Crippen LogP contribution in [0.1, 0.15) is 30.1 Å². The normalized spacial score (nSPS) is 10.4. The summed E-state index contributed by atoms with van der Waals surface area (Å²) in [6, 6.07) is 0. The SMILES string of the molecule is Cc1cnc(C(CC(=O)O)CC(=O)O)cn1. The number of rotatable bonds is 5. The van der Waals surface area contributed by atoms with E-state index in [4.69, 9.17) is 10.2 Å². The lowest BCUT2D eigenvalue weighted by Gasteiger charge is -2.11. The first-order valence-corrected chi connectivity index (χ1v) is 4.71. The molecule has 0 spiro atoms. The number of aliphatic carboxylic acids is 2. The van der Waals surface area contributed by atoms with E-state index in [0.29, 0.717) is 11.4 Å². The van der Waals surface area contributed by atoms with Crippen molar-refractivity contribution in [1.29, 1.82) is 0 Å². The Morgan fingerprint density at radius 2 is 1.75 bits per heavy atom. The van der Waals surface area contributed by atoms with Crippen LogP contribution >= 0.6 is 0 Å². The molecule has 1 aromatic rings. The second-order valence-corrected chi connectivity index (χ2v) is 3.48. The van der Waals surface area contributed by atoms with Crippen LogP contribution in [0, 0.1) is 6.92 Å². The van der Waals surface area contributed by atoms with Crippen molar-refractivity contribution in [1.82, 2.24) is 9.97 Å². The smallest absolute Gasteiger partial charge is 0.304 e. The zero-order chi connectivity index (χ0) is 12.1. The topological polar surface area (TPSA) is 100 Å². The molecule has 0 amide bonds. The molecule has 0 bridgehead atoms. The van der Waals surface area contributed by atoms with Crippen molar-refractivity contribution >= 4 is 11.9 Å². The molecule has 0 unspecified atom stereocenters. The maximum Gasteiger partial charge on any atom is 0.304 e. The summed E-state index contributed by atoms with van der Waals surface area (Å²) in [5.74, 6) is -2.73. The lowest BCUT2D eigenvalue weighted by molar-refractivity contribution is -0.139. The predicted molar refractivity (Wildman–Crippen MR) is 54.0 cm³/mol. The molecular formula is C10H12N2O4. The van der Waals surface area contributed by atoms with E-state index in [0.717, 1.165) is 0 Å². The molecule has 0 atom stereocenters. The Morgan fingerprint density at radius 1 is 1.19 bits per heavy atom. The lowest BCUT2D eigenvalue weighted by atomic mass is 9.98. The average Bonchev–Trinajstić information content (AvgIpc) is 2.16. The first-order valence-electron chi connectivity index (χ1n) is 4.71. The fraction of sp³-hybridized carbons (Fsp3) is 0.400. The van der Waals surface area contributed by atoms with Crippen molar-refractivity contribution in [3.63, 3.8) is 0 Å². The number of nitrogens with zero attached hydrogens (tertiary/aromatic N) is 2. The number of carbonyl (C=O) groups is 2. The fourth-order valence-electron chi connectivity index (χ4n) is 1.32. The molecule has 0 aliphatic carbocycles. The van der Waals surface area contributed by atoms with E-state index in [-0.39, 0.29) is 12.8 Å². The van der Waals surface area contributed by atoms with Gasteiger partial charge in [-0.15, -0.1) is 0 Å². The molecular weight excluding hydrogens is 212 g/mol. The molecule has 0 aromatic carbocycles. The molecule has 2 N–H and O–H groups in total. The number of aryl methyl sites for hydroxylation is 1. The molecule has 6 nitrogen and oxygen atoms in total. The molecule has 0 aliphatic heterocycles. The van der Waals surface area contributed by atoms with Gasteiger partial charge < -0.3 is 10.2 Å². The van der Waals surface area contributed by atoms with Gasteiger partial charge in [0.2, 0.25) is 0 Å². The molecule has 1 heterocycles. The van der Waals surface area contributed by atoms with Crippen molar-refractivity contribution < 1.29 is 19.8 Å². The maximum atomic E-state index is 10.6. The molecule has 0 fully saturated rings. The molecule has 0 radical (unpaired) electrons. The van der Waals surface area contributed by atoms with Gasteiger partial charge in [-0.1, -0.05) is 0 Å². The van der Waals surface area contributed by atoms with E-state index in [9.17, 15) is 9.59 Å². The lowest BCUT2D eigenvalue weighted by Crippen LogP contribution is -2.12. The second-order valence-electron chi connectivity index (χ2n) is 3.48. The first-order chi connectivity index (χ1) is 7.49. The van der Waals surface area contributed by atoms with Gasteiger partial charge in [-0.3, -0.25) is 19.6 Å².